The molecule has 0 aromatic heterocycles. The lowest BCUT2D eigenvalue weighted by Crippen LogP contribution is -2.60. The Morgan fingerprint density at radius 3 is 2.42 bits per heavy atom. The number of nitrogens with two attached hydrogens (primary N) is 1. The van der Waals surface area contributed by atoms with Crippen LogP contribution >= 0.6 is 0 Å². The zero-order chi connectivity index (χ0) is 14.5. The molecule has 0 bridgehead atoms. The first-order valence-corrected chi connectivity index (χ1v) is 6.60. The highest BCUT2D eigenvalue weighted by Gasteiger charge is 2.43. The van der Waals surface area contributed by atoms with Crippen molar-refractivity contribution in [1.29, 1.82) is 0 Å². The van der Waals surface area contributed by atoms with Gasteiger partial charge in [-0.25, -0.2) is 4.79 Å². The summed E-state index contributed by atoms with van der Waals surface area (Å²) in [4.78, 5) is 24.0. The highest BCUT2D eigenvalue weighted by molar-refractivity contribution is 5.90. The molecule has 0 aliphatic heterocycles. The number of carbonyl (C=O) groups is 2. The van der Waals surface area contributed by atoms with Gasteiger partial charge < -0.3 is 20.5 Å². The maximum Gasteiger partial charge on any atom is 0.331 e. The van der Waals surface area contributed by atoms with Crippen molar-refractivity contribution in [2.45, 2.75) is 44.2 Å². The number of hydrogen-bond donors (Lipinski definition) is 2. The Balaban J connectivity index is 2.75. The smallest absolute Gasteiger partial charge is 0.331 e. The first-order chi connectivity index (χ1) is 8.95. The molecule has 0 aromatic rings. The Morgan fingerprint density at radius 2 is 1.95 bits per heavy atom. The molecule has 0 saturated heterocycles. The van der Waals surface area contributed by atoms with Crippen molar-refractivity contribution in [2.24, 2.45) is 11.7 Å². The van der Waals surface area contributed by atoms with Crippen molar-refractivity contribution in [3.8, 4) is 0 Å². The molecule has 1 fully saturated rings. The van der Waals surface area contributed by atoms with E-state index in [1.807, 2.05) is 0 Å². The monoisotopic (exact) mass is 272 g/mol. The highest BCUT2D eigenvalue weighted by Crippen LogP contribution is 2.32. The van der Waals surface area contributed by atoms with Crippen molar-refractivity contribution >= 4 is 11.9 Å². The Morgan fingerprint density at radius 1 is 1.37 bits per heavy atom. The van der Waals surface area contributed by atoms with E-state index < -0.39 is 17.6 Å². The Kier molecular flexibility index (Phi) is 5.75. The topological polar surface area (TPSA) is 90.6 Å². The standard InChI is InChI=1S/C13H24N2O4/c1-9-4-6-13(7-5-9,12(17)19-3)15-11(16)10(14)8-18-2/h9-10H,4-8,14H2,1-3H3,(H,15,16). The van der Waals surface area contributed by atoms with Crippen LogP contribution in [0.5, 0.6) is 0 Å². The second-order valence-electron chi connectivity index (χ2n) is 5.31. The number of rotatable bonds is 5. The van der Waals surface area contributed by atoms with Crippen molar-refractivity contribution in [3.05, 3.63) is 0 Å². The Labute approximate surface area is 114 Å². The van der Waals surface area contributed by atoms with Gasteiger partial charge in [0.2, 0.25) is 5.91 Å². The van der Waals surface area contributed by atoms with Crippen LogP contribution in [0.25, 0.3) is 0 Å². The van der Waals surface area contributed by atoms with Crippen molar-refractivity contribution in [3.63, 3.8) is 0 Å². The molecule has 1 aliphatic carbocycles. The molecule has 3 N–H and O–H groups in total. The maximum absolute atomic E-state index is 12.0. The Bertz CT molecular complexity index is 325. The van der Waals surface area contributed by atoms with Gasteiger partial charge in [0, 0.05) is 7.11 Å². The van der Waals surface area contributed by atoms with Crippen LogP contribution < -0.4 is 11.1 Å². The third-order valence-electron chi connectivity index (χ3n) is 3.75. The summed E-state index contributed by atoms with van der Waals surface area (Å²) in [6, 6.07) is -0.772. The normalized spacial score (nSPS) is 28.5. The van der Waals surface area contributed by atoms with Crippen LogP contribution in [0.2, 0.25) is 0 Å². The van der Waals surface area contributed by atoms with Gasteiger partial charge in [0.05, 0.1) is 13.7 Å². The number of hydrogen-bond acceptors (Lipinski definition) is 5. The SMILES string of the molecule is COCC(N)C(=O)NC1(C(=O)OC)CCC(C)CC1. The van der Waals surface area contributed by atoms with Gasteiger partial charge in [-0.3, -0.25) is 4.79 Å². The van der Waals surface area contributed by atoms with E-state index in [2.05, 4.69) is 12.2 Å². The second kappa shape index (κ2) is 6.86. The van der Waals surface area contributed by atoms with Gasteiger partial charge in [0.1, 0.15) is 11.6 Å². The summed E-state index contributed by atoms with van der Waals surface area (Å²) < 4.78 is 9.69. The van der Waals surface area contributed by atoms with Crippen molar-refractivity contribution in [1.82, 2.24) is 5.32 Å². The maximum atomic E-state index is 12.0. The highest BCUT2D eigenvalue weighted by atomic mass is 16.5. The number of nitrogens with one attached hydrogen (secondary N) is 1. The lowest BCUT2D eigenvalue weighted by Gasteiger charge is -2.38. The third-order valence-corrected chi connectivity index (χ3v) is 3.75. The van der Waals surface area contributed by atoms with Crippen molar-refractivity contribution < 1.29 is 19.1 Å². The van der Waals surface area contributed by atoms with Gasteiger partial charge in [0.25, 0.3) is 0 Å². The van der Waals surface area contributed by atoms with E-state index in [-0.39, 0.29) is 12.5 Å². The van der Waals surface area contributed by atoms with Crippen molar-refractivity contribution in [2.75, 3.05) is 20.8 Å². The predicted octanol–water partition coefficient (Wildman–Crippen LogP) is 0.198. The fraction of sp³-hybridized carbons (Fsp3) is 0.846. The van der Waals surface area contributed by atoms with Crippen LogP contribution in [0.3, 0.4) is 0 Å². The molecule has 19 heavy (non-hydrogen) atoms. The predicted molar refractivity (Wildman–Crippen MR) is 70.4 cm³/mol. The average Bonchev–Trinajstić information content (AvgIpc) is 2.40. The van der Waals surface area contributed by atoms with Gasteiger partial charge in [-0.2, -0.15) is 0 Å². The number of methoxy groups -OCH3 is 2. The van der Waals surface area contributed by atoms with Crippen LogP contribution in [-0.4, -0.2) is 44.3 Å². The van der Waals surface area contributed by atoms with Crippen LogP contribution in [0.4, 0.5) is 0 Å². The van der Waals surface area contributed by atoms with E-state index in [1.54, 1.807) is 0 Å². The summed E-state index contributed by atoms with van der Waals surface area (Å²) in [6.45, 7) is 2.26. The molecule has 1 rings (SSSR count). The minimum absolute atomic E-state index is 0.124. The summed E-state index contributed by atoms with van der Waals surface area (Å²) in [5, 5.41) is 2.77. The lowest BCUT2D eigenvalue weighted by molar-refractivity contribution is -0.153. The molecule has 0 aromatic carbocycles. The molecular formula is C13H24N2O4. The van der Waals surface area contributed by atoms with E-state index in [1.165, 1.54) is 14.2 Å². The van der Waals surface area contributed by atoms with Crippen LogP contribution in [0.1, 0.15) is 32.6 Å². The number of carbonyl (C=O) groups excluding carboxylic acids is 2. The fourth-order valence-electron chi connectivity index (χ4n) is 2.41. The summed E-state index contributed by atoms with van der Waals surface area (Å²) in [5.41, 5.74) is 4.76. The number of amides is 1. The van der Waals surface area contributed by atoms with E-state index in [0.29, 0.717) is 18.8 Å². The molecular weight excluding hydrogens is 248 g/mol. The van der Waals surface area contributed by atoms with E-state index in [9.17, 15) is 9.59 Å². The quantitative estimate of drug-likeness (QED) is 0.698. The average molecular weight is 272 g/mol. The van der Waals surface area contributed by atoms with Crippen LogP contribution in [0.15, 0.2) is 0 Å². The molecule has 1 unspecified atom stereocenters. The van der Waals surface area contributed by atoms with Gasteiger partial charge in [0.15, 0.2) is 0 Å². The van der Waals surface area contributed by atoms with Gasteiger partial charge in [-0.15, -0.1) is 0 Å². The second-order valence-corrected chi connectivity index (χ2v) is 5.31. The van der Waals surface area contributed by atoms with Gasteiger partial charge >= 0.3 is 5.97 Å². The molecule has 1 aliphatic rings. The van der Waals surface area contributed by atoms with E-state index in [0.717, 1.165) is 12.8 Å². The number of ether oxygens (including phenoxy) is 2. The lowest BCUT2D eigenvalue weighted by atomic mass is 9.77. The number of esters is 1. The molecule has 0 radical (unpaired) electrons. The fourth-order valence-corrected chi connectivity index (χ4v) is 2.41. The minimum atomic E-state index is -0.927. The molecule has 1 atom stereocenters. The molecule has 6 nitrogen and oxygen atoms in total. The molecule has 1 amide bonds. The summed E-state index contributed by atoms with van der Waals surface area (Å²) >= 11 is 0. The summed E-state index contributed by atoms with van der Waals surface area (Å²) in [6.07, 6.45) is 2.95. The first-order valence-electron chi connectivity index (χ1n) is 6.60. The van der Waals surface area contributed by atoms with Gasteiger partial charge in [-0.05, 0) is 31.6 Å². The largest absolute Gasteiger partial charge is 0.467 e. The zero-order valence-electron chi connectivity index (χ0n) is 11.9. The minimum Gasteiger partial charge on any atom is -0.467 e. The summed E-state index contributed by atoms with van der Waals surface area (Å²) in [7, 11) is 2.81. The van der Waals surface area contributed by atoms with E-state index in [4.69, 9.17) is 15.2 Å². The Hall–Kier alpha value is -1.14. The molecule has 6 heteroatoms. The molecule has 110 valence electrons. The van der Waals surface area contributed by atoms with Crippen LogP contribution in [0, 0.1) is 5.92 Å². The molecule has 0 heterocycles. The first kappa shape index (κ1) is 15.9. The molecule has 0 spiro atoms. The van der Waals surface area contributed by atoms with E-state index >= 15 is 0 Å². The summed E-state index contributed by atoms with van der Waals surface area (Å²) in [5.74, 6) is -0.207. The third kappa shape index (κ3) is 3.91. The molecule has 1 saturated carbocycles. The zero-order valence-corrected chi connectivity index (χ0v) is 11.9. The van der Waals surface area contributed by atoms with Gasteiger partial charge in [-0.1, -0.05) is 6.92 Å². The van der Waals surface area contributed by atoms with Crippen LogP contribution in [-0.2, 0) is 19.1 Å².